The molecular formula is C9H18Cl2N2O3. The Balaban J connectivity index is 0.00000112. The van der Waals surface area contributed by atoms with Crippen molar-refractivity contribution in [3.8, 4) is 0 Å². The van der Waals surface area contributed by atoms with E-state index in [0.717, 1.165) is 0 Å². The Morgan fingerprint density at radius 3 is 1.56 bits per heavy atom. The molecule has 2 atom stereocenters. The summed E-state index contributed by atoms with van der Waals surface area (Å²) in [6.07, 6.45) is 0.600. The van der Waals surface area contributed by atoms with Crippen LogP contribution in [-0.4, -0.2) is 64.4 Å². The molecule has 2 saturated heterocycles. The molecule has 2 N–H and O–H groups in total. The average molecular weight is 273 g/mol. The van der Waals surface area contributed by atoms with Crippen LogP contribution in [-0.2, 0) is 0 Å². The van der Waals surface area contributed by atoms with Crippen LogP contribution >= 0.6 is 24.8 Å². The predicted molar refractivity (Wildman–Crippen MR) is 64.3 cm³/mol. The smallest absolute Gasteiger partial charge is 0.320 e. The average Bonchev–Trinajstić information content (AvgIpc) is 2.73. The number of likely N-dealkylation sites (tertiary alicyclic amines) is 2. The molecule has 7 heteroatoms. The summed E-state index contributed by atoms with van der Waals surface area (Å²) in [5, 5.41) is 18.6. The van der Waals surface area contributed by atoms with Gasteiger partial charge in [-0.3, -0.25) is 0 Å². The van der Waals surface area contributed by atoms with Crippen LogP contribution in [0.15, 0.2) is 0 Å². The molecule has 0 radical (unpaired) electrons. The maximum atomic E-state index is 11.8. The van der Waals surface area contributed by atoms with Crippen LogP contribution in [0.4, 0.5) is 4.79 Å². The Morgan fingerprint density at radius 2 is 1.31 bits per heavy atom. The molecule has 2 fully saturated rings. The lowest BCUT2D eigenvalue weighted by molar-refractivity contribution is 0.142. The molecule has 2 amide bonds. The predicted octanol–water partition coefficient (Wildman–Crippen LogP) is 0.0832. The van der Waals surface area contributed by atoms with E-state index in [0.29, 0.717) is 39.0 Å². The van der Waals surface area contributed by atoms with Crippen molar-refractivity contribution in [2.45, 2.75) is 25.0 Å². The zero-order valence-electron chi connectivity index (χ0n) is 8.91. The number of β-amino-alcohol motifs (C(OH)–C–C–N with tert-alkyl or cyclic N) is 2. The van der Waals surface area contributed by atoms with Crippen LogP contribution < -0.4 is 0 Å². The standard InChI is InChI=1S/C9H16N2O3.2ClH/c12-7-1-3-10(5-7)9(14)11-4-2-8(13)6-11;;/h7-8,12-13H,1-6H2;2*1H. The van der Waals surface area contributed by atoms with E-state index >= 15 is 0 Å². The van der Waals surface area contributed by atoms with Gasteiger partial charge in [0.2, 0.25) is 0 Å². The number of rotatable bonds is 0. The fourth-order valence-electron chi connectivity index (χ4n) is 2.03. The molecule has 2 aliphatic rings. The van der Waals surface area contributed by atoms with Crippen molar-refractivity contribution in [1.82, 2.24) is 9.80 Å². The van der Waals surface area contributed by atoms with Crippen molar-refractivity contribution in [2.75, 3.05) is 26.2 Å². The highest BCUT2D eigenvalue weighted by atomic mass is 35.5. The monoisotopic (exact) mass is 272 g/mol. The quantitative estimate of drug-likeness (QED) is 0.657. The molecule has 0 aromatic heterocycles. The number of carbonyl (C=O) groups excluding carboxylic acids is 1. The van der Waals surface area contributed by atoms with Gasteiger partial charge < -0.3 is 20.0 Å². The molecule has 0 spiro atoms. The van der Waals surface area contributed by atoms with E-state index in [9.17, 15) is 15.0 Å². The Kier molecular flexibility index (Phi) is 6.40. The molecule has 2 aliphatic heterocycles. The fraction of sp³-hybridized carbons (Fsp3) is 0.889. The molecule has 96 valence electrons. The Labute approximate surface area is 107 Å². The number of aliphatic hydroxyl groups excluding tert-OH is 2. The van der Waals surface area contributed by atoms with Crippen molar-refractivity contribution in [2.24, 2.45) is 0 Å². The van der Waals surface area contributed by atoms with E-state index in [4.69, 9.17) is 0 Å². The van der Waals surface area contributed by atoms with Crippen LogP contribution in [0.2, 0.25) is 0 Å². The van der Waals surface area contributed by atoms with Crippen LogP contribution in [0.25, 0.3) is 0 Å². The first-order valence-electron chi connectivity index (χ1n) is 5.07. The van der Waals surface area contributed by atoms with E-state index in [1.807, 2.05) is 0 Å². The van der Waals surface area contributed by atoms with Crippen molar-refractivity contribution in [3.05, 3.63) is 0 Å². The Bertz CT molecular complexity index is 221. The first kappa shape index (κ1) is 15.8. The molecule has 16 heavy (non-hydrogen) atoms. The van der Waals surface area contributed by atoms with E-state index in [1.165, 1.54) is 0 Å². The summed E-state index contributed by atoms with van der Waals surface area (Å²) in [5.74, 6) is 0. The normalized spacial score (nSPS) is 28.6. The molecule has 0 aromatic rings. The number of urea groups is 1. The number of aliphatic hydroxyl groups is 2. The number of hydrogen-bond donors (Lipinski definition) is 2. The molecule has 0 bridgehead atoms. The number of hydrogen-bond acceptors (Lipinski definition) is 3. The van der Waals surface area contributed by atoms with E-state index in [-0.39, 0.29) is 43.1 Å². The second-order valence-corrected chi connectivity index (χ2v) is 4.06. The van der Waals surface area contributed by atoms with Gasteiger partial charge in [-0.05, 0) is 12.8 Å². The van der Waals surface area contributed by atoms with Crippen molar-refractivity contribution < 1.29 is 15.0 Å². The summed E-state index contributed by atoms with van der Waals surface area (Å²) < 4.78 is 0. The number of carbonyl (C=O) groups is 1. The molecule has 2 heterocycles. The summed E-state index contributed by atoms with van der Waals surface area (Å²) in [7, 11) is 0. The van der Waals surface area contributed by atoms with Crippen LogP contribution in [0.3, 0.4) is 0 Å². The minimum absolute atomic E-state index is 0. The van der Waals surface area contributed by atoms with Gasteiger partial charge >= 0.3 is 6.03 Å². The third-order valence-corrected chi connectivity index (χ3v) is 2.87. The second kappa shape index (κ2) is 6.49. The third kappa shape index (κ3) is 3.38. The number of amides is 2. The van der Waals surface area contributed by atoms with Gasteiger partial charge in [0.15, 0.2) is 0 Å². The summed E-state index contributed by atoms with van der Waals surface area (Å²) in [5.41, 5.74) is 0. The highest BCUT2D eigenvalue weighted by Crippen LogP contribution is 2.15. The van der Waals surface area contributed by atoms with Gasteiger partial charge in [0.25, 0.3) is 0 Å². The summed E-state index contributed by atoms with van der Waals surface area (Å²) in [6, 6.07) is -0.0434. The van der Waals surface area contributed by atoms with Crippen LogP contribution in [0.5, 0.6) is 0 Å². The first-order chi connectivity index (χ1) is 6.66. The van der Waals surface area contributed by atoms with Crippen molar-refractivity contribution in [1.29, 1.82) is 0 Å². The van der Waals surface area contributed by atoms with Crippen LogP contribution in [0.1, 0.15) is 12.8 Å². The summed E-state index contributed by atoms with van der Waals surface area (Å²) in [6.45, 7) is 2.13. The zero-order chi connectivity index (χ0) is 10.1. The second-order valence-electron chi connectivity index (χ2n) is 4.06. The summed E-state index contributed by atoms with van der Waals surface area (Å²) >= 11 is 0. The van der Waals surface area contributed by atoms with Gasteiger partial charge in [0, 0.05) is 26.2 Å². The van der Waals surface area contributed by atoms with Crippen molar-refractivity contribution >= 4 is 30.8 Å². The minimum atomic E-state index is -0.369. The molecule has 0 aliphatic carbocycles. The molecule has 2 unspecified atom stereocenters. The molecule has 0 aromatic carbocycles. The first-order valence-corrected chi connectivity index (χ1v) is 5.07. The Morgan fingerprint density at radius 1 is 0.938 bits per heavy atom. The zero-order valence-corrected chi connectivity index (χ0v) is 10.5. The topological polar surface area (TPSA) is 64.0 Å². The Hall–Kier alpha value is -0.230. The molecule has 5 nitrogen and oxygen atoms in total. The lowest BCUT2D eigenvalue weighted by Gasteiger charge is -2.23. The minimum Gasteiger partial charge on any atom is -0.391 e. The van der Waals surface area contributed by atoms with E-state index in [1.54, 1.807) is 9.80 Å². The SMILES string of the molecule is Cl.Cl.O=C(N1CCC(O)C1)N1CCC(O)C1. The maximum absolute atomic E-state index is 11.8. The van der Waals surface area contributed by atoms with Gasteiger partial charge in [-0.2, -0.15) is 0 Å². The molecule has 0 saturated carbocycles. The van der Waals surface area contributed by atoms with Gasteiger partial charge in [-0.15, -0.1) is 24.8 Å². The molecular weight excluding hydrogens is 255 g/mol. The maximum Gasteiger partial charge on any atom is 0.320 e. The summed E-state index contributed by atoms with van der Waals surface area (Å²) in [4.78, 5) is 15.1. The van der Waals surface area contributed by atoms with Gasteiger partial charge in [0.1, 0.15) is 0 Å². The van der Waals surface area contributed by atoms with Gasteiger partial charge in [-0.1, -0.05) is 0 Å². The highest BCUT2D eigenvalue weighted by molar-refractivity contribution is 5.85. The lowest BCUT2D eigenvalue weighted by Crippen LogP contribution is -2.41. The van der Waals surface area contributed by atoms with Gasteiger partial charge in [-0.25, -0.2) is 4.79 Å². The van der Waals surface area contributed by atoms with Crippen LogP contribution in [0, 0.1) is 0 Å². The van der Waals surface area contributed by atoms with Gasteiger partial charge in [0.05, 0.1) is 12.2 Å². The lowest BCUT2D eigenvalue weighted by atomic mass is 10.3. The van der Waals surface area contributed by atoms with E-state index < -0.39 is 0 Å². The largest absolute Gasteiger partial charge is 0.391 e. The highest BCUT2D eigenvalue weighted by Gasteiger charge is 2.31. The fourth-order valence-corrected chi connectivity index (χ4v) is 2.03. The van der Waals surface area contributed by atoms with Crippen molar-refractivity contribution in [3.63, 3.8) is 0 Å². The number of halogens is 2. The third-order valence-electron chi connectivity index (χ3n) is 2.87. The number of nitrogens with zero attached hydrogens (tertiary/aromatic N) is 2. The molecule has 2 rings (SSSR count). The van der Waals surface area contributed by atoms with E-state index in [2.05, 4.69) is 0 Å².